The maximum atomic E-state index is 3.45. The molecule has 0 saturated carbocycles. The zero-order valence-corrected chi connectivity index (χ0v) is 12.4. The molecule has 1 rings (SSSR count). The van der Waals surface area contributed by atoms with Gasteiger partial charge in [-0.3, -0.25) is 4.90 Å². The maximum Gasteiger partial charge on any atom is 0.0217 e. The third-order valence-corrected chi connectivity index (χ3v) is 4.35. The van der Waals surface area contributed by atoms with E-state index in [9.17, 15) is 0 Å². The number of nitrogens with zero attached hydrogens (tertiary/aromatic N) is 1. The van der Waals surface area contributed by atoms with Crippen LogP contribution in [0.5, 0.6) is 0 Å². The third kappa shape index (κ3) is 4.78. The monoisotopic (exact) mass is 254 g/mol. The Balaban J connectivity index is 2.45. The first-order chi connectivity index (χ1) is 8.19. The van der Waals surface area contributed by atoms with Crippen molar-refractivity contribution in [3.8, 4) is 0 Å². The van der Waals surface area contributed by atoms with Gasteiger partial charge in [-0.25, -0.2) is 0 Å². The summed E-state index contributed by atoms with van der Waals surface area (Å²) in [6.45, 7) is 8.93. The van der Waals surface area contributed by atoms with E-state index in [4.69, 9.17) is 0 Å². The van der Waals surface area contributed by atoms with Crippen molar-refractivity contribution < 1.29 is 0 Å². The summed E-state index contributed by atoms with van der Waals surface area (Å²) in [5, 5.41) is 5.62. The average Bonchev–Trinajstić information content (AvgIpc) is 2.82. The van der Waals surface area contributed by atoms with Crippen molar-refractivity contribution in [2.45, 2.75) is 45.7 Å². The van der Waals surface area contributed by atoms with Gasteiger partial charge >= 0.3 is 0 Å². The fourth-order valence-electron chi connectivity index (χ4n) is 2.11. The largest absolute Gasteiger partial charge is 0.315 e. The van der Waals surface area contributed by atoms with Crippen LogP contribution in [0.25, 0.3) is 0 Å². The number of nitrogens with one attached hydrogen (secondary N) is 1. The van der Waals surface area contributed by atoms with Gasteiger partial charge in [0.2, 0.25) is 0 Å². The summed E-state index contributed by atoms with van der Waals surface area (Å²) >= 11 is 1.86. The number of hydrogen-bond acceptors (Lipinski definition) is 3. The molecule has 2 unspecified atom stereocenters. The molecule has 0 amide bonds. The lowest BCUT2D eigenvalue weighted by Gasteiger charge is -2.32. The van der Waals surface area contributed by atoms with Crippen LogP contribution in [-0.2, 0) is 6.42 Å². The van der Waals surface area contributed by atoms with Crippen molar-refractivity contribution in [3.63, 3.8) is 0 Å². The van der Waals surface area contributed by atoms with Crippen LogP contribution in [0.1, 0.15) is 32.1 Å². The van der Waals surface area contributed by atoms with Gasteiger partial charge < -0.3 is 5.32 Å². The van der Waals surface area contributed by atoms with E-state index in [0.717, 1.165) is 19.5 Å². The lowest BCUT2D eigenvalue weighted by Crippen LogP contribution is -2.44. The molecule has 0 saturated heterocycles. The maximum absolute atomic E-state index is 3.45. The Morgan fingerprint density at radius 2 is 2.18 bits per heavy atom. The molecule has 2 atom stereocenters. The van der Waals surface area contributed by atoms with Crippen molar-refractivity contribution in [2.24, 2.45) is 0 Å². The first-order valence-corrected chi connectivity index (χ1v) is 7.52. The van der Waals surface area contributed by atoms with Crippen molar-refractivity contribution in [1.29, 1.82) is 0 Å². The van der Waals surface area contributed by atoms with Gasteiger partial charge in [0.1, 0.15) is 0 Å². The third-order valence-electron chi connectivity index (χ3n) is 3.45. The second-order valence-corrected chi connectivity index (χ2v) is 5.70. The first kappa shape index (κ1) is 14.7. The van der Waals surface area contributed by atoms with Crippen molar-refractivity contribution in [2.75, 3.05) is 20.1 Å². The predicted molar refractivity (Wildman–Crippen MR) is 77.9 cm³/mol. The fraction of sp³-hybridized carbons (Fsp3) is 0.714. The van der Waals surface area contributed by atoms with Crippen LogP contribution in [0.2, 0.25) is 0 Å². The highest BCUT2D eigenvalue weighted by Crippen LogP contribution is 2.15. The Kier molecular flexibility index (Phi) is 6.78. The van der Waals surface area contributed by atoms with Gasteiger partial charge in [0.15, 0.2) is 0 Å². The molecule has 3 heteroatoms. The quantitative estimate of drug-likeness (QED) is 0.767. The zero-order valence-electron chi connectivity index (χ0n) is 11.6. The van der Waals surface area contributed by atoms with E-state index in [0.29, 0.717) is 12.1 Å². The molecule has 17 heavy (non-hydrogen) atoms. The molecule has 0 spiro atoms. The summed E-state index contributed by atoms with van der Waals surface area (Å²) in [6, 6.07) is 5.63. The Labute approximate surface area is 110 Å². The van der Waals surface area contributed by atoms with Crippen molar-refractivity contribution >= 4 is 11.3 Å². The van der Waals surface area contributed by atoms with E-state index in [1.165, 1.54) is 11.3 Å². The molecule has 2 nitrogen and oxygen atoms in total. The molecule has 0 aromatic carbocycles. The molecular formula is C14H26N2S. The molecule has 0 radical (unpaired) electrons. The summed E-state index contributed by atoms with van der Waals surface area (Å²) in [5.41, 5.74) is 0. The van der Waals surface area contributed by atoms with Gasteiger partial charge in [-0.1, -0.05) is 19.9 Å². The molecule has 1 heterocycles. The van der Waals surface area contributed by atoms with E-state index in [-0.39, 0.29) is 0 Å². The minimum Gasteiger partial charge on any atom is -0.315 e. The number of rotatable bonds is 8. The molecule has 98 valence electrons. The lowest BCUT2D eigenvalue weighted by atomic mass is 10.1. The molecular weight excluding hydrogens is 228 g/mol. The van der Waals surface area contributed by atoms with E-state index in [2.05, 4.69) is 55.5 Å². The van der Waals surface area contributed by atoms with Crippen LogP contribution >= 0.6 is 11.3 Å². The summed E-state index contributed by atoms with van der Waals surface area (Å²) in [6.07, 6.45) is 2.37. The Bertz CT molecular complexity index is 284. The predicted octanol–water partition coefficient (Wildman–Crippen LogP) is 3.00. The first-order valence-electron chi connectivity index (χ1n) is 6.64. The summed E-state index contributed by atoms with van der Waals surface area (Å²) < 4.78 is 0. The molecule has 1 aromatic heterocycles. The molecule has 1 N–H and O–H groups in total. The zero-order chi connectivity index (χ0) is 12.7. The summed E-state index contributed by atoms with van der Waals surface area (Å²) in [4.78, 5) is 4.00. The molecule has 0 aliphatic carbocycles. The highest BCUT2D eigenvalue weighted by atomic mass is 32.1. The van der Waals surface area contributed by atoms with Crippen LogP contribution < -0.4 is 5.32 Å². The Morgan fingerprint density at radius 3 is 2.71 bits per heavy atom. The van der Waals surface area contributed by atoms with Crippen molar-refractivity contribution in [3.05, 3.63) is 22.4 Å². The van der Waals surface area contributed by atoms with Gasteiger partial charge in [-0.2, -0.15) is 0 Å². The van der Waals surface area contributed by atoms with Gasteiger partial charge in [-0.15, -0.1) is 11.3 Å². The number of thiophene rings is 1. The minimum atomic E-state index is 0.609. The fourth-order valence-corrected chi connectivity index (χ4v) is 2.94. The van der Waals surface area contributed by atoms with Crippen LogP contribution in [0.4, 0.5) is 0 Å². The van der Waals surface area contributed by atoms with Gasteiger partial charge in [-0.05, 0) is 44.8 Å². The smallest absolute Gasteiger partial charge is 0.0217 e. The standard InChI is InChI=1S/C14H26N2S/c1-5-13(11-15-6-2)16(4)12(3)10-14-8-7-9-17-14/h7-9,12-13,15H,5-6,10-11H2,1-4H3. The van der Waals surface area contributed by atoms with Crippen LogP contribution in [-0.4, -0.2) is 37.1 Å². The second-order valence-electron chi connectivity index (χ2n) is 4.67. The lowest BCUT2D eigenvalue weighted by molar-refractivity contribution is 0.175. The topological polar surface area (TPSA) is 15.3 Å². The van der Waals surface area contributed by atoms with Crippen LogP contribution in [0, 0.1) is 0 Å². The van der Waals surface area contributed by atoms with Gasteiger partial charge in [0.05, 0.1) is 0 Å². The normalized spacial score (nSPS) is 15.1. The number of hydrogen-bond donors (Lipinski definition) is 1. The SMILES string of the molecule is CCNCC(CC)N(C)C(C)Cc1cccs1. The van der Waals surface area contributed by atoms with E-state index < -0.39 is 0 Å². The number of likely N-dealkylation sites (N-methyl/N-ethyl adjacent to an activating group) is 2. The Hall–Kier alpha value is -0.380. The molecule has 0 bridgehead atoms. The second kappa shape index (κ2) is 7.85. The van der Waals surface area contributed by atoms with Crippen LogP contribution in [0.15, 0.2) is 17.5 Å². The molecule has 1 aromatic rings. The highest BCUT2D eigenvalue weighted by Gasteiger charge is 2.18. The van der Waals surface area contributed by atoms with E-state index in [1.807, 2.05) is 11.3 Å². The molecule has 0 fully saturated rings. The summed E-state index contributed by atoms with van der Waals surface area (Å²) in [7, 11) is 2.25. The Morgan fingerprint density at radius 1 is 1.41 bits per heavy atom. The van der Waals surface area contributed by atoms with E-state index in [1.54, 1.807) is 0 Å². The van der Waals surface area contributed by atoms with E-state index >= 15 is 0 Å². The highest BCUT2D eigenvalue weighted by molar-refractivity contribution is 7.09. The average molecular weight is 254 g/mol. The van der Waals surface area contributed by atoms with Gasteiger partial charge in [0.25, 0.3) is 0 Å². The van der Waals surface area contributed by atoms with Gasteiger partial charge in [0, 0.05) is 23.5 Å². The van der Waals surface area contributed by atoms with Crippen LogP contribution in [0.3, 0.4) is 0 Å². The summed E-state index contributed by atoms with van der Waals surface area (Å²) in [5.74, 6) is 0. The molecule has 0 aliphatic rings. The minimum absolute atomic E-state index is 0.609. The van der Waals surface area contributed by atoms with Crippen molar-refractivity contribution in [1.82, 2.24) is 10.2 Å². The molecule has 0 aliphatic heterocycles.